The Kier molecular flexibility index (Phi) is 4.47. The lowest BCUT2D eigenvalue weighted by molar-refractivity contribution is -0.385. The quantitative estimate of drug-likeness (QED) is 0.533. The highest BCUT2D eigenvalue weighted by atomic mass is 32.2. The molecule has 3 aromatic rings. The zero-order chi connectivity index (χ0) is 17.2. The number of nitrogens with one attached hydrogen (secondary N) is 1. The van der Waals surface area contributed by atoms with Crippen molar-refractivity contribution in [3.05, 3.63) is 69.8 Å². The maximum absolute atomic E-state index is 12.2. The molecule has 0 radical (unpaired) electrons. The lowest BCUT2D eigenvalue weighted by atomic mass is 10.3. The van der Waals surface area contributed by atoms with Crippen LogP contribution in [0, 0.1) is 10.1 Å². The summed E-state index contributed by atoms with van der Waals surface area (Å²) in [6.45, 7) is -0.0452. The Bertz CT molecular complexity index is 961. The van der Waals surface area contributed by atoms with Crippen molar-refractivity contribution in [2.24, 2.45) is 0 Å². The minimum Gasteiger partial charge on any atom is -0.459 e. The predicted molar refractivity (Wildman–Crippen MR) is 89.1 cm³/mol. The first-order chi connectivity index (χ1) is 11.5. The maximum atomic E-state index is 12.2. The van der Waals surface area contributed by atoms with Gasteiger partial charge in [-0.15, -0.1) is 11.3 Å². The van der Waals surface area contributed by atoms with Crippen molar-refractivity contribution in [1.29, 1.82) is 0 Å². The van der Waals surface area contributed by atoms with E-state index in [1.54, 1.807) is 12.1 Å². The Labute approximate surface area is 141 Å². The molecule has 0 bridgehead atoms. The Hall–Kier alpha value is -2.49. The Balaban J connectivity index is 1.74. The van der Waals surface area contributed by atoms with Gasteiger partial charge in [-0.2, -0.15) is 0 Å². The average Bonchev–Trinajstić information content (AvgIpc) is 3.24. The molecular formula is C15H12N2O5S2. The van der Waals surface area contributed by atoms with Crippen LogP contribution >= 0.6 is 11.3 Å². The standard InChI is InChI=1S/C15H12N2O5S2/c18-17(19)11-3-1-4-13(9-11)24(20,21)16-10-12-6-7-14(22-12)15-5-2-8-23-15/h1-9,16H,10H2. The molecule has 0 saturated carbocycles. The summed E-state index contributed by atoms with van der Waals surface area (Å²) in [5, 5.41) is 12.7. The van der Waals surface area contributed by atoms with Crippen LogP contribution in [0.1, 0.15) is 5.76 Å². The van der Waals surface area contributed by atoms with Crippen molar-refractivity contribution >= 4 is 27.0 Å². The van der Waals surface area contributed by atoms with Crippen molar-refractivity contribution in [3.8, 4) is 10.6 Å². The van der Waals surface area contributed by atoms with E-state index in [1.165, 1.54) is 29.5 Å². The fourth-order valence-electron chi connectivity index (χ4n) is 2.04. The summed E-state index contributed by atoms with van der Waals surface area (Å²) < 4.78 is 32.5. The number of hydrogen-bond donors (Lipinski definition) is 1. The molecule has 0 aliphatic heterocycles. The second-order valence-corrected chi connectivity index (χ2v) is 7.54. The minimum atomic E-state index is -3.87. The van der Waals surface area contributed by atoms with Crippen molar-refractivity contribution < 1.29 is 17.8 Å². The van der Waals surface area contributed by atoms with E-state index in [-0.39, 0.29) is 17.1 Å². The number of nitrogens with zero attached hydrogens (tertiary/aromatic N) is 1. The van der Waals surface area contributed by atoms with E-state index < -0.39 is 14.9 Å². The molecule has 0 atom stereocenters. The van der Waals surface area contributed by atoms with Crippen LogP contribution in [-0.2, 0) is 16.6 Å². The van der Waals surface area contributed by atoms with E-state index in [0.29, 0.717) is 11.5 Å². The highest BCUT2D eigenvalue weighted by molar-refractivity contribution is 7.89. The van der Waals surface area contributed by atoms with Crippen molar-refractivity contribution in [2.45, 2.75) is 11.4 Å². The summed E-state index contributed by atoms with van der Waals surface area (Å²) >= 11 is 1.52. The zero-order valence-corrected chi connectivity index (χ0v) is 13.8. The molecule has 0 aliphatic carbocycles. The molecule has 0 aliphatic rings. The molecule has 1 N–H and O–H groups in total. The van der Waals surface area contributed by atoms with E-state index in [9.17, 15) is 18.5 Å². The molecular weight excluding hydrogens is 352 g/mol. The van der Waals surface area contributed by atoms with Gasteiger partial charge in [0.05, 0.1) is 21.2 Å². The van der Waals surface area contributed by atoms with Gasteiger partial charge < -0.3 is 4.42 Å². The normalized spacial score (nSPS) is 11.5. The molecule has 3 rings (SSSR count). The molecule has 9 heteroatoms. The van der Waals surface area contributed by atoms with Gasteiger partial charge >= 0.3 is 0 Å². The van der Waals surface area contributed by atoms with Gasteiger partial charge in [0, 0.05) is 12.1 Å². The van der Waals surface area contributed by atoms with Gasteiger partial charge in [-0.25, -0.2) is 13.1 Å². The first kappa shape index (κ1) is 16.4. The van der Waals surface area contributed by atoms with Crippen LogP contribution in [-0.4, -0.2) is 13.3 Å². The summed E-state index contributed by atoms with van der Waals surface area (Å²) in [4.78, 5) is 10.9. The monoisotopic (exact) mass is 364 g/mol. The molecule has 24 heavy (non-hydrogen) atoms. The lowest BCUT2D eigenvalue weighted by Gasteiger charge is -2.05. The van der Waals surface area contributed by atoms with Gasteiger partial charge in [-0.1, -0.05) is 12.1 Å². The van der Waals surface area contributed by atoms with E-state index in [0.717, 1.165) is 10.9 Å². The highest BCUT2D eigenvalue weighted by Crippen LogP contribution is 2.26. The molecule has 0 amide bonds. The second-order valence-electron chi connectivity index (χ2n) is 4.82. The van der Waals surface area contributed by atoms with E-state index >= 15 is 0 Å². The molecule has 0 unspecified atom stereocenters. The Morgan fingerprint density at radius 2 is 2.00 bits per heavy atom. The van der Waals surface area contributed by atoms with Crippen molar-refractivity contribution in [3.63, 3.8) is 0 Å². The number of thiophene rings is 1. The molecule has 0 fully saturated rings. The molecule has 124 valence electrons. The number of non-ortho nitro benzene ring substituents is 1. The lowest BCUT2D eigenvalue weighted by Crippen LogP contribution is -2.23. The van der Waals surface area contributed by atoms with Gasteiger partial charge in [0.25, 0.3) is 5.69 Å². The van der Waals surface area contributed by atoms with Crippen molar-refractivity contribution in [1.82, 2.24) is 4.72 Å². The zero-order valence-electron chi connectivity index (χ0n) is 12.2. The number of furan rings is 1. The summed E-state index contributed by atoms with van der Waals surface area (Å²) in [5.74, 6) is 1.11. The molecule has 0 saturated heterocycles. The fraction of sp³-hybridized carbons (Fsp3) is 0.0667. The third-order valence-electron chi connectivity index (χ3n) is 3.20. The summed E-state index contributed by atoms with van der Waals surface area (Å²) in [7, 11) is -3.87. The smallest absolute Gasteiger partial charge is 0.270 e. The van der Waals surface area contributed by atoms with Crippen LogP contribution < -0.4 is 4.72 Å². The van der Waals surface area contributed by atoms with Crippen LogP contribution in [0.4, 0.5) is 5.69 Å². The summed E-state index contributed by atoms with van der Waals surface area (Å²) in [5.41, 5.74) is -0.282. The topological polar surface area (TPSA) is 102 Å². The average molecular weight is 364 g/mol. The van der Waals surface area contributed by atoms with E-state index in [2.05, 4.69) is 4.72 Å². The molecule has 0 spiro atoms. The molecule has 7 nitrogen and oxygen atoms in total. The van der Waals surface area contributed by atoms with Gasteiger partial charge in [0.1, 0.15) is 11.5 Å². The van der Waals surface area contributed by atoms with Gasteiger partial charge in [0.15, 0.2) is 0 Å². The number of benzene rings is 1. The number of sulfonamides is 1. The number of rotatable bonds is 6. The highest BCUT2D eigenvalue weighted by Gasteiger charge is 2.18. The van der Waals surface area contributed by atoms with Crippen LogP contribution in [0.3, 0.4) is 0 Å². The van der Waals surface area contributed by atoms with Crippen molar-refractivity contribution in [2.75, 3.05) is 0 Å². The SMILES string of the molecule is O=[N+]([O-])c1cccc(S(=O)(=O)NCc2ccc(-c3cccs3)o2)c1. The fourth-order valence-corrected chi connectivity index (χ4v) is 3.76. The molecule has 2 aromatic heterocycles. The number of nitro benzene ring substituents is 1. The molecule has 2 heterocycles. The maximum Gasteiger partial charge on any atom is 0.270 e. The Morgan fingerprint density at radius 1 is 1.17 bits per heavy atom. The van der Waals surface area contributed by atoms with Crippen LogP contribution in [0.15, 0.2) is 63.2 Å². The second kappa shape index (κ2) is 6.56. The largest absolute Gasteiger partial charge is 0.459 e. The summed E-state index contributed by atoms with van der Waals surface area (Å²) in [6.07, 6.45) is 0. The van der Waals surface area contributed by atoms with Crippen LogP contribution in [0.2, 0.25) is 0 Å². The number of hydrogen-bond acceptors (Lipinski definition) is 6. The first-order valence-electron chi connectivity index (χ1n) is 6.82. The number of nitro groups is 1. The van der Waals surface area contributed by atoms with Crippen LogP contribution in [0.25, 0.3) is 10.6 Å². The van der Waals surface area contributed by atoms with E-state index in [4.69, 9.17) is 4.42 Å². The Morgan fingerprint density at radius 3 is 2.71 bits per heavy atom. The van der Waals surface area contributed by atoms with Gasteiger partial charge in [-0.3, -0.25) is 10.1 Å². The predicted octanol–water partition coefficient (Wildman–Crippen LogP) is 3.39. The van der Waals surface area contributed by atoms with Crippen LogP contribution in [0.5, 0.6) is 0 Å². The van der Waals surface area contributed by atoms with Gasteiger partial charge in [-0.05, 0) is 29.6 Å². The minimum absolute atomic E-state index is 0.0452. The third-order valence-corrected chi connectivity index (χ3v) is 5.48. The van der Waals surface area contributed by atoms with Gasteiger partial charge in [0.2, 0.25) is 10.0 Å². The first-order valence-corrected chi connectivity index (χ1v) is 9.19. The third kappa shape index (κ3) is 3.53. The van der Waals surface area contributed by atoms with E-state index in [1.807, 2.05) is 17.5 Å². The molecule has 1 aromatic carbocycles. The summed E-state index contributed by atoms with van der Waals surface area (Å²) in [6, 6.07) is 12.1.